The van der Waals surface area contributed by atoms with E-state index in [0.717, 1.165) is 6.07 Å². The van der Waals surface area contributed by atoms with E-state index < -0.39 is 35.5 Å². The van der Waals surface area contributed by atoms with Crippen molar-refractivity contribution in [3.8, 4) is 0 Å². The summed E-state index contributed by atoms with van der Waals surface area (Å²) < 4.78 is 37.8. The Morgan fingerprint density at radius 2 is 1.84 bits per heavy atom. The SMILES string of the molecule is NCC(O)C(O)c1cc(C(=O)O)cc(C(F)(F)F)c1. The number of carboxylic acid groups (broad SMARTS) is 1. The standard InChI is InChI=1S/C11H12F3NO4/c12-11(13,14)7-2-5(9(17)8(16)4-15)1-6(3-7)10(18)19/h1-3,8-9,16-17H,4,15H2,(H,18,19). The van der Waals surface area contributed by atoms with Crippen molar-refractivity contribution in [1.29, 1.82) is 0 Å². The van der Waals surface area contributed by atoms with E-state index in [9.17, 15) is 28.2 Å². The van der Waals surface area contributed by atoms with E-state index in [1.807, 2.05) is 0 Å². The summed E-state index contributed by atoms with van der Waals surface area (Å²) in [4.78, 5) is 10.8. The summed E-state index contributed by atoms with van der Waals surface area (Å²) in [6, 6.07) is 1.89. The van der Waals surface area contributed by atoms with Crippen molar-refractivity contribution in [1.82, 2.24) is 0 Å². The van der Waals surface area contributed by atoms with Gasteiger partial charge in [-0.2, -0.15) is 13.2 Å². The highest BCUT2D eigenvalue weighted by Crippen LogP contribution is 2.32. The molecule has 0 radical (unpaired) electrons. The van der Waals surface area contributed by atoms with Gasteiger partial charge < -0.3 is 21.1 Å². The van der Waals surface area contributed by atoms with Gasteiger partial charge in [0.15, 0.2) is 0 Å². The van der Waals surface area contributed by atoms with Crippen LogP contribution >= 0.6 is 0 Å². The number of aromatic carboxylic acids is 1. The van der Waals surface area contributed by atoms with E-state index in [-0.39, 0.29) is 12.1 Å². The van der Waals surface area contributed by atoms with Crippen LogP contribution in [0.25, 0.3) is 0 Å². The zero-order chi connectivity index (χ0) is 14.8. The lowest BCUT2D eigenvalue weighted by Gasteiger charge is -2.18. The van der Waals surface area contributed by atoms with Crippen LogP contribution in [0, 0.1) is 0 Å². The zero-order valence-corrected chi connectivity index (χ0v) is 9.55. The third-order valence-corrected chi connectivity index (χ3v) is 2.48. The molecule has 0 fully saturated rings. The molecular formula is C11H12F3NO4. The third-order valence-electron chi connectivity index (χ3n) is 2.48. The van der Waals surface area contributed by atoms with Crippen LogP contribution in [-0.2, 0) is 6.18 Å². The van der Waals surface area contributed by atoms with E-state index in [1.165, 1.54) is 0 Å². The minimum absolute atomic E-state index is 0.356. The van der Waals surface area contributed by atoms with Crippen molar-refractivity contribution in [2.75, 3.05) is 6.54 Å². The van der Waals surface area contributed by atoms with Crippen LogP contribution in [0.1, 0.15) is 27.6 Å². The highest BCUT2D eigenvalue weighted by atomic mass is 19.4. The smallest absolute Gasteiger partial charge is 0.416 e. The molecule has 106 valence electrons. The fraction of sp³-hybridized carbons (Fsp3) is 0.364. The summed E-state index contributed by atoms with van der Waals surface area (Å²) in [5, 5.41) is 27.6. The van der Waals surface area contributed by atoms with E-state index in [1.54, 1.807) is 0 Å². The first-order valence-electron chi connectivity index (χ1n) is 5.18. The summed E-state index contributed by atoms with van der Waals surface area (Å²) in [6.07, 6.45) is -7.93. The van der Waals surface area contributed by atoms with Gasteiger partial charge in [0.05, 0.1) is 17.2 Å². The molecule has 0 amide bonds. The predicted molar refractivity (Wildman–Crippen MR) is 58.4 cm³/mol. The molecule has 8 heteroatoms. The number of aliphatic hydroxyl groups is 2. The maximum atomic E-state index is 12.6. The molecule has 0 aromatic heterocycles. The van der Waals surface area contributed by atoms with E-state index in [0.29, 0.717) is 12.1 Å². The molecule has 0 saturated carbocycles. The van der Waals surface area contributed by atoms with Crippen molar-refractivity contribution in [3.63, 3.8) is 0 Å². The van der Waals surface area contributed by atoms with Crippen LogP contribution in [-0.4, -0.2) is 33.9 Å². The molecular weight excluding hydrogens is 267 g/mol. The van der Waals surface area contributed by atoms with Gasteiger partial charge in [0.25, 0.3) is 0 Å². The molecule has 0 aliphatic rings. The van der Waals surface area contributed by atoms with Gasteiger partial charge in [0.1, 0.15) is 6.10 Å². The minimum atomic E-state index is -4.76. The molecule has 0 heterocycles. The number of hydrogen-bond donors (Lipinski definition) is 4. The predicted octanol–water partition coefficient (Wildman–Crippen LogP) is 0.757. The lowest BCUT2D eigenvalue weighted by Crippen LogP contribution is -2.27. The van der Waals surface area contributed by atoms with Crippen molar-refractivity contribution in [3.05, 3.63) is 34.9 Å². The fourth-order valence-corrected chi connectivity index (χ4v) is 1.46. The van der Waals surface area contributed by atoms with Gasteiger partial charge in [-0.1, -0.05) is 0 Å². The molecule has 2 unspecified atom stereocenters. The van der Waals surface area contributed by atoms with Crippen LogP contribution in [0.15, 0.2) is 18.2 Å². The number of benzene rings is 1. The van der Waals surface area contributed by atoms with Gasteiger partial charge in [-0.15, -0.1) is 0 Å². The first kappa shape index (κ1) is 15.4. The number of carbonyl (C=O) groups is 1. The molecule has 1 aromatic rings. The van der Waals surface area contributed by atoms with Gasteiger partial charge in [-0.3, -0.25) is 0 Å². The fourth-order valence-electron chi connectivity index (χ4n) is 1.46. The topological polar surface area (TPSA) is 104 Å². The number of aliphatic hydroxyl groups excluding tert-OH is 2. The van der Waals surface area contributed by atoms with Crippen LogP contribution in [0.2, 0.25) is 0 Å². The van der Waals surface area contributed by atoms with Gasteiger partial charge in [0.2, 0.25) is 0 Å². The average Bonchev–Trinajstić information content (AvgIpc) is 2.35. The Hall–Kier alpha value is -1.64. The molecule has 0 bridgehead atoms. The van der Waals surface area contributed by atoms with Crippen LogP contribution < -0.4 is 5.73 Å². The molecule has 0 saturated heterocycles. The third kappa shape index (κ3) is 3.66. The lowest BCUT2D eigenvalue weighted by atomic mass is 9.98. The number of rotatable bonds is 4. The van der Waals surface area contributed by atoms with Crippen molar-refractivity contribution in [2.24, 2.45) is 5.73 Å². The monoisotopic (exact) mass is 279 g/mol. The molecule has 1 rings (SSSR count). The second kappa shape index (κ2) is 5.55. The molecule has 1 aromatic carbocycles. The van der Waals surface area contributed by atoms with E-state index in [4.69, 9.17) is 10.8 Å². The van der Waals surface area contributed by atoms with E-state index >= 15 is 0 Å². The maximum Gasteiger partial charge on any atom is 0.416 e. The summed E-state index contributed by atoms with van der Waals surface area (Å²) in [6.45, 7) is -0.375. The number of alkyl halides is 3. The molecule has 0 spiro atoms. The second-order valence-corrected chi connectivity index (χ2v) is 3.89. The molecule has 2 atom stereocenters. The Labute approximate surface area is 106 Å². The van der Waals surface area contributed by atoms with Crippen LogP contribution in [0.4, 0.5) is 13.2 Å². The molecule has 19 heavy (non-hydrogen) atoms. The maximum absolute atomic E-state index is 12.6. The number of nitrogens with two attached hydrogens (primary N) is 1. The Kier molecular flexibility index (Phi) is 4.51. The average molecular weight is 279 g/mol. The number of hydrogen-bond acceptors (Lipinski definition) is 4. The molecule has 0 aliphatic heterocycles. The Bertz CT molecular complexity index is 475. The largest absolute Gasteiger partial charge is 0.478 e. The Morgan fingerprint density at radius 3 is 2.26 bits per heavy atom. The van der Waals surface area contributed by atoms with Crippen molar-refractivity contribution < 1.29 is 33.3 Å². The quantitative estimate of drug-likeness (QED) is 0.651. The Morgan fingerprint density at radius 1 is 1.26 bits per heavy atom. The van der Waals surface area contributed by atoms with Gasteiger partial charge in [0, 0.05) is 6.54 Å². The van der Waals surface area contributed by atoms with Crippen LogP contribution in [0.3, 0.4) is 0 Å². The zero-order valence-electron chi connectivity index (χ0n) is 9.55. The Balaban J connectivity index is 3.32. The molecule has 5 nitrogen and oxygen atoms in total. The minimum Gasteiger partial charge on any atom is -0.478 e. The summed E-state index contributed by atoms with van der Waals surface area (Å²) in [5.41, 5.74) is 2.88. The highest BCUT2D eigenvalue weighted by molar-refractivity contribution is 5.88. The van der Waals surface area contributed by atoms with Crippen molar-refractivity contribution in [2.45, 2.75) is 18.4 Å². The van der Waals surface area contributed by atoms with Crippen molar-refractivity contribution >= 4 is 5.97 Å². The van der Waals surface area contributed by atoms with Gasteiger partial charge in [-0.25, -0.2) is 4.79 Å². The first-order chi connectivity index (χ1) is 8.66. The molecule has 0 aliphatic carbocycles. The van der Waals surface area contributed by atoms with Gasteiger partial charge >= 0.3 is 12.1 Å². The summed E-state index contributed by atoms with van der Waals surface area (Å²) >= 11 is 0. The summed E-state index contributed by atoms with van der Waals surface area (Å²) in [7, 11) is 0. The number of halogens is 3. The van der Waals surface area contributed by atoms with Crippen LogP contribution in [0.5, 0.6) is 0 Å². The first-order valence-corrected chi connectivity index (χ1v) is 5.18. The summed E-state index contributed by atoms with van der Waals surface area (Å²) in [5.74, 6) is -1.57. The van der Waals surface area contributed by atoms with E-state index in [2.05, 4.69) is 0 Å². The number of carboxylic acids is 1. The second-order valence-electron chi connectivity index (χ2n) is 3.89. The lowest BCUT2D eigenvalue weighted by molar-refractivity contribution is -0.137. The molecule has 5 N–H and O–H groups in total. The normalized spacial score (nSPS) is 15.1. The van der Waals surface area contributed by atoms with Gasteiger partial charge in [-0.05, 0) is 23.8 Å². The highest BCUT2D eigenvalue weighted by Gasteiger charge is 2.33.